The monoisotopic (exact) mass is 459 g/mol. The second kappa shape index (κ2) is 9.01. The van der Waals surface area contributed by atoms with E-state index in [0.29, 0.717) is 0 Å². The lowest BCUT2D eigenvalue weighted by atomic mass is 10.0. The van der Waals surface area contributed by atoms with E-state index < -0.39 is 19.9 Å². The quantitative estimate of drug-likeness (QED) is 0.318. The van der Waals surface area contributed by atoms with E-state index >= 15 is 0 Å². The molecule has 0 fully saturated rings. The first-order chi connectivity index (χ1) is 15.9. The van der Waals surface area contributed by atoms with Crippen LogP contribution in [0.25, 0.3) is 11.1 Å². The Morgan fingerprint density at radius 2 is 1.55 bits per heavy atom. The summed E-state index contributed by atoms with van der Waals surface area (Å²) in [5, 5.41) is 13.0. The maximum Gasteiger partial charge on any atom is 0.281 e. The Kier molecular flexibility index (Phi) is 5.97. The first-order valence-electron chi connectivity index (χ1n) is 9.76. The fraction of sp³-hybridized carbons (Fsp3) is 0. The minimum atomic E-state index is -4.34. The molecule has 33 heavy (non-hydrogen) atoms. The Balaban J connectivity index is 1.60. The number of hydrogen-bond donors (Lipinski definition) is 1. The Hall–Kier alpha value is -4.37. The lowest BCUT2D eigenvalue weighted by Crippen LogP contribution is -2.15. The third-order valence-corrected chi connectivity index (χ3v) is 6.52. The smallest absolute Gasteiger partial charge is 0.281 e. The molecule has 0 bridgehead atoms. The Labute approximate surface area is 189 Å². The van der Waals surface area contributed by atoms with Gasteiger partial charge in [-0.25, -0.2) is 8.42 Å². The van der Waals surface area contributed by atoms with E-state index in [-0.39, 0.29) is 16.1 Å². The lowest BCUT2D eigenvalue weighted by molar-refractivity contribution is -0.384. The molecule has 0 aliphatic carbocycles. The summed E-state index contributed by atoms with van der Waals surface area (Å²) in [5.41, 5.74) is 2.95. The van der Waals surface area contributed by atoms with Crippen molar-refractivity contribution in [2.75, 3.05) is 5.32 Å². The number of anilines is 2. The van der Waals surface area contributed by atoms with E-state index in [2.05, 4.69) is 10.3 Å². The summed E-state index contributed by atoms with van der Waals surface area (Å²) in [7, 11) is -4.34. The average molecular weight is 459 g/mol. The van der Waals surface area contributed by atoms with Crippen molar-refractivity contribution in [2.45, 2.75) is 4.90 Å². The van der Waals surface area contributed by atoms with Crippen LogP contribution >= 0.6 is 0 Å². The van der Waals surface area contributed by atoms with Crippen LogP contribution in [0.2, 0.25) is 0 Å². The maximum absolute atomic E-state index is 12.7. The zero-order valence-corrected chi connectivity index (χ0v) is 17.9. The number of rotatable bonds is 6. The van der Waals surface area contributed by atoms with Crippen LogP contribution in [0, 0.1) is 10.1 Å². The van der Waals surface area contributed by atoms with Crippen molar-refractivity contribution < 1.29 is 18.1 Å². The third-order valence-electron chi connectivity index (χ3n) is 4.91. The number of pyridine rings is 1. The summed E-state index contributed by atoms with van der Waals surface area (Å²) in [5.74, 6) is 0. The highest BCUT2D eigenvalue weighted by Gasteiger charge is 2.27. The summed E-state index contributed by atoms with van der Waals surface area (Å²) >= 11 is 0. The van der Waals surface area contributed by atoms with Crippen molar-refractivity contribution in [3.63, 3.8) is 0 Å². The predicted molar refractivity (Wildman–Crippen MR) is 124 cm³/mol. The lowest BCUT2D eigenvalue weighted by Gasteiger charge is -2.12. The molecule has 3 aromatic carbocycles. The summed E-state index contributed by atoms with van der Waals surface area (Å²) in [6.45, 7) is 0. The minimum absolute atomic E-state index is 0.0104. The molecule has 1 heterocycles. The van der Waals surface area contributed by atoms with E-state index in [4.69, 9.17) is 0 Å². The highest BCUT2D eigenvalue weighted by molar-refractivity contribution is 8.06. The van der Waals surface area contributed by atoms with Crippen molar-refractivity contribution in [2.24, 2.45) is 0 Å². The van der Waals surface area contributed by atoms with Gasteiger partial charge < -0.3 is 5.32 Å². The van der Waals surface area contributed by atoms with Gasteiger partial charge in [-0.3, -0.25) is 19.9 Å². The summed E-state index contributed by atoms with van der Waals surface area (Å²) in [6, 6.07) is 21.8. The topological polar surface area (TPSA) is 119 Å². The number of carbonyl (C=O) groups excluding carboxylic acids is 1. The Bertz CT molecular complexity index is 1420. The molecule has 0 radical (unpaired) electrons. The van der Waals surface area contributed by atoms with E-state index in [1.54, 1.807) is 24.5 Å². The molecule has 0 saturated heterocycles. The largest absolute Gasteiger partial charge is 0.354 e. The van der Waals surface area contributed by atoms with Gasteiger partial charge in [-0.1, -0.05) is 30.3 Å². The van der Waals surface area contributed by atoms with Crippen LogP contribution in [-0.4, -0.2) is 23.4 Å². The molecule has 0 amide bonds. The van der Waals surface area contributed by atoms with Crippen LogP contribution in [-0.2, 0) is 9.84 Å². The van der Waals surface area contributed by atoms with Crippen molar-refractivity contribution in [1.82, 2.24) is 4.98 Å². The van der Waals surface area contributed by atoms with Gasteiger partial charge in [0, 0.05) is 35.1 Å². The molecule has 0 saturated carbocycles. The predicted octanol–water partition coefficient (Wildman–Crippen LogP) is 5.01. The molecular weight excluding hydrogens is 442 g/mol. The molecule has 4 aromatic rings. The molecule has 0 unspecified atom stereocenters. The van der Waals surface area contributed by atoms with Gasteiger partial charge in [0.05, 0.1) is 21.7 Å². The highest BCUT2D eigenvalue weighted by Crippen LogP contribution is 2.30. The molecule has 0 atom stereocenters. The SMILES string of the molecule is O=C(c1ccc(-c2ccncc2Nc2ccccc2)cc1)S(=O)(=O)c1ccc([N+](=O)[O-])cc1. The molecule has 0 aliphatic heterocycles. The molecule has 0 aliphatic rings. The molecule has 9 heteroatoms. The highest BCUT2D eigenvalue weighted by atomic mass is 32.2. The van der Waals surface area contributed by atoms with E-state index in [9.17, 15) is 23.3 Å². The standard InChI is InChI=1S/C24H17N3O5S/c28-24(33(31,32)21-12-10-20(11-13-21)27(29)30)18-8-6-17(7-9-18)22-14-15-25-16-23(22)26-19-4-2-1-3-5-19/h1-16,26H. The van der Waals surface area contributed by atoms with Gasteiger partial charge >= 0.3 is 0 Å². The zero-order chi connectivity index (χ0) is 23.4. The number of carbonyl (C=O) groups is 1. The minimum Gasteiger partial charge on any atom is -0.354 e. The molecule has 1 aromatic heterocycles. The molecular formula is C24H17N3O5S. The van der Waals surface area contributed by atoms with Gasteiger partial charge in [-0.2, -0.15) is 0 Å². The number of sulfone groups is 1. The van der Waals surface area contributed by atoms with Crippen LogP contribution in [0.4, 0.5) is 17.1 Å². The molecule has 8 nitrogen and oxygen atoms in total. The van der Waals surface area contributed by atoms with E-state index in [0.717, 1.165) is 46.8 Å². The first kappa shape index (κ1) is 21.8. The van der Waals surface area contributed by atoms with Gasteiger partial charge in [-0.15, -0.1) is 0 Å². The molecule has 0 spiro atoms. The second-order valence-corrected chi connectivity index (χ2v) is 8.88. The van der Waals surface area contributed by atoms with Crippen LogP contribution < -0.4 is 5.32 Å². The Morgan fingerprint density at radius 3 is 2.18 bits per heavy atom. The van der Waals surface area contributed by atoms with Crippen molar-refractivity contribution in [3.05, 3.63) is 113 Å². The third kappa shape index (κ3) is 4.63. The van der Waals surface area contributed by atoms with Crippen molar-refractivity contribution in [3.8, 4) is 11.1 Å². The zero-order valence-electron chi connectivity index (χ0n) is 17.1. The van der Waals surface area contributed by atoms with Crippen LogP contribution in [0.3, 0.4) is 0 Å². The normalized spacial score (nSPS) is 11.0. The summed E-state index contributed by atoms with van der Waals surface area (Å²) in [4.78, 5) is 26.7. The number of aromatic nitrogens is 1. The number of nitro benzene ring substituents is 1. The van der Waals surface area contributed by atoms with Gasteiger partial charge in [0.15, 0.2) is 0 Å². The van der Waals surface area contributed by atoms with Gasteiger partial charge in [0.2, 0.25) is 9.84 Å². The van der Waals surface area contributed by atoms with Crippen LogP contribution in [0.5, 0.6) is 0 Å². The fourth-order valence-corrected chi connectivity index (χ4v) is 4.37. The number of non-ortho nitro benzene ring substituents is 1. The maximum atomic E-state index is 12.7. The molecule has 4 rings (SSSR count). The number of nitro groups is 1. The average Bonchev–Trinajstić information content (AvgIpc) is 2.85. The van der Waals surface area contributed by atoms with Crippen molar-refractivity contribution in [1.29, 1.82) is 0 Å². The number of benzene rings is 3. The number of nitrogens with zero attached hydrogens (tertiary/aromatic N) is 2. The molecule has 1 N–H and O–H groups in total. The first-order valence-corrected chi connectivity index (χ1v) is 11.2. The van der Waals surface area contributed by atoms with Gasteiger partial charge in [0.25, 0.3) is 10.8 Å². The van der Waals surface area contributed by atoms with Crippen LogP contribution in [0.1, 0.15) is 10.4 Å². The van der Waals surface area contributed by atoms with E-state index in [1.807, 2.05) is 36.4 Å². The summed E-state index contributed by atoms with van der Waals surface area (Å²) in [6.07, 6.45) is 3.32. The number of para-hydroxylation sites is 1. The van der Waals surface area contributed by atoms with Gasteiger partial charge in [0.1, 0.15) is 0 Å². The van der Waals surface area contributed by atoms with Crippen molar-refractivity contribution >= 4 is 32.0 Å². The summed E-state index contributed by atoms with van der Waals surface area (Å²) < 4.78 is 25.4. The second-order valence-electron chi connectivity index (χ2n) is 7.03. The molecule has 164 valence electrons. The van der Waals surface area contributed by atoms with Crippen LogP contribution in [0.15, 0.2) is 102 Å². The number of nitrogens with one attached hydrogen (secondary N) is 1. The van der Waals surface area contributed by atoms with E-state index in [1.165, 1.54) is 12.1 Å². The fourth-order valence-electron chi connectivity index (χ4n) is 3.22. The van der Waals surface area contributed by atoms with Gasteiger partial charge in [-0.05, 0) is 48.0 Å². The number of hydrogen-bond acceptors (Lipinski definition) is 7. The Morgan fingerprint density at radius 1 is 0.879 bits per heavy atom.